The largest absolute Gasteiger partial charge is 0.360 e. The molecule has 2 heterocycles. The van der Waals surface area contributed by atoms with Gasteiger partial charge in [0.25, 0.3) is 5.91 Å². The molecule has 0 radical (unpaired) electrons. The van der Waals surface area contributed by atoms with E-state index in [1.807, 2.05) is 12.1 Å². The lowest BCUT2D eigenvalue weighted by Crippen LogP contribution is -2.36. The normalized spacial score (nSPS) is 21.6. The van der Waals surface area contributed by atoms with Gasteiger partial charge in [-0.3, -0.25) is 4.79 Å². The van der Waals surface area contributed by atoms with E-state index in [0.717, 1.165) is 30.2 Å². The first kappa shape index (κ1) is 20.3. The van der Waals surface area contributed by atoms with Gasteiger partial charge in [-0.1, -0.05) is 49.7 Å². The highest BCUT2D eigenvalue weighted by atomic mass is 32.2. The molecule has 1 aliphatic carbocycles. The van der Waals surface area contributed by atoms with Crippen molar-refractivity contribution in [3.05, 3.63) is 70.9 Å². The van der Waals surface area contributed by atoms with Crippen LogP contribution in [-0.4, -0.2) is 36.9 Å². The second-order valence-corrected chi connectivity index (χ2v) is 11.2. The summed E-state index contributed by atoms with van der Waals surface area (Å²) >= 11 is 0. The number of aryl methyl sites for hydroxylation is 1. The zero-order chi connectivity index (χ0) is 21.6. The highest BCUT2D eigenvalue weighted by Crippen LogP contribution is 2.51. The number of para-hydroxylation sites is 1. The zero-order valence-corrected chi connectivity index (χ0v) is 18.6. The van der Waals surface area contributed by atoms with Crippen molar-refractivity contribution in [3.8, 4) is 0 Å². The average Bonchev–Trinajstić information content (AvgIpc) is 3.31. The minimum Gasteiger partial charge on any atom is -0.360 e. The zero-order valence-electron chi connectivity index (χ0n) is 17.8. The van der Waals surface area contributed by atoms with E-state index >= 15 is 0 Å². The smallest absolute Gasteiger partial charge is 0.253 e. The van der Waals surface area contributed by atoms with Crippen LogP contribution in [0.5, 0.6) is 0 Å². The molecule has 162 valence electrons. The molecule has 31 heavy (non-hydrogen) atoms. The lowest BCUT2D eigenvalue weighted by atomic mass is 9.60. The molecule has 1 unspecified atom stereocenters. The predicted molar refractivity (Wildman–Crippen MR) is 123 cm³/mol. The Morgan fingerprint density at radius 1 is 1.16 bits per heavy atom. The Bertz CT molecular complexity index is 1240. The number of aromatic nitrogens is 1. The maximum atomic E-state index is 13.0. The van der Waals surface area contributed by atoms with Crippen LogP contribution in [0.15, 0.2) is 48.7 Å². The summed E-state index contributed by atoms with van der Waals surface area (Å²) in [5.41, 5.74) is 5.30. The summed E-state index contributed by atoms with van der Waals surface area (Å²) in [6.07, 6.45) is 6.97. The fraction of sp³-hybridized carbons (Fsp3) is 0.400. The molecule has 3 aromatic rings. The van der Waals surface area contributed by atoms with Crippen molar-refractivity contribution in [3.63, 3.8) is 0 Å². The lowest BCUT2D eigenvalue weighted by molar-refractivity contribution is 0.0942. The number of fused-ring (bicyclic) bond motifs is 1. The van der Waals surface area contributed by atoms with Crippen LogP contribution in [0.3, 0.4) is 0 Å². The van der Waals surface area contributed by atoms with Gasteiger partial charge >= 0.3 is 0 Å². The second-order valence-electron chi connectivity index (χ2n) is 8.99. The molecule has 2 aromatic carbocycles. The Kier molecular flexibility index (Phi) is 4.93. The van der Waals surface area contributed by atoms with Gasteiger partial charge in [-0.25, -0.2) is 8.42 Å². The van der Waals surface area contributed by atoms with Gasteiger partial charge in [-0.05, 0) is 48.4 Å². The second kappa shape index (κ2) is 7.52. The molecule has 5 rings (SSSR count). The molecule has 6 heteroatoms. The highest BCUT2D eigenvalue weighted by molar-refractivity contribution is 7.91. The van der Waals surface area contributed by atoms with Gasteiger partial charge in [0.05, 0.1) is 22.6 Å². The number of hydrogen-bond donors (Lipinski definition) is 2. The predicted octanol–water partition coefficient (Wildman–Crippen LogP) is 4.12. The van der Waals surface area contributed by atoms with E-state index in [0.29, 0.717) is 12.0 Å². The van der Waals surface area contributed by atoms with Gasteiger partial charge in [-0.15, -0.1) is 0 Å². The third-order valence-corrected chi connectivity index (χ3v) is 8.93. The van der Waals surface area contributed by atoms with Crippen LogP contribution in [-0.2, 0) is 21.7 Å². The topological polar surface area (TPSA) is 79.0 Å². The number of carbonyl (C=O) groups is 1. The third kappa shape index (κ3) is 3.47. The van der Waals surface area contributed by atoms with Gasteiger partial charge in [-0.2, -0.15) is 0 Å². The Morgan fingerprint density at radius 3 is 2.55 bits per heavy atom. The van der Waals surface area contributed by atoms with Crippen molar-refractivity contribution in [2.24, 2.45) is 0 Å². The Hall–Kier alpha value is -2.60. The summed E-state index contributed by atoms with van der Waals surface area (Å²) in [6.45, 7) is 2.17. The SMILES string of the molecule is CCc1ccc(C2(c3c[nH]c4c(C(=O)NC5CCS(=O)(=O)C5)cccc34)CCC2)cc1. The van der Waals surface area contributed by atoms with E-state index in [9.17, 15) is 13.2 Å². The number of sulfone groups is 1. The van der Waals surface area contributed by atoms with Crippen LogP contribution in [0, 0.1) is 0 Å². The summed E-state index contributed by atoms with van der Waals surface area (Å²) < 4.78 is 23.5. The van der Waals surface area contributed by atoms with Crippen molar-refractivity contribution in [1.82, 2.24) is 10.3 Å². The first-order valence-electron chi connectivity index (χ1n) is 11.1. The van der Waals surface area contributed by atoms with E-state index in [2.05, 4.69) is 53.8 Å². The number of H-pyrrole nitrogens is 1. The average molecular weight is 437 g/mol. The Morgan fingerprint density at radius 2 is 1.94 bits per heavy atom. The third-order valence-electron chi connectivity index (χ3n) is 7.17. The van der Waals surface area contributed by atoms with Gasteiger partial charge in [0.2, 0.25) is 0 Å². The van der Waals surface area contributed by atoms with Crippen molar-refractivity contribution >= 4 is 26.6 Å². The standard InChI is InChI=1S/C25H28N2O3S/c1-2-17-7-9-18(10-8-17)25(12-4-13-25)22-15-26-23-20(22)5-3-6-21(23)24(28)27-19-11-14-31(29,30)16-19/h3,5-10,15,19,26H,2,4,11-14,16H2,1H3,(H,27,28). The summed E-state index contributed by atoms with van der Waals surface area (Å²) in [7, 11) is -3.04. The minimum absolute atomic E-state index is 0.0147. The molecule has 2 aliphatic rings. The van der Waals surface area contributed by atoms with E-state index in [1.165, 1.54) is 23.1 Å². The van der Waals surface area contributed by atoms with Crippen molar-refractivity contribution < 1.29 is 13.2 Å². The molecule has 1 aromatic heterocycles. The first-order chi connectivity index (χ1) is 14.9. The van der Waals surface area contributed by atoms with Crippen LogP contribution in [0.2, 0.25) is 0 Å². The number of hydrogen-bond acceptors (Lipinski definition) is 3. The molecule has 1 aliphatic heterocycles. The number of carbonyl (C=O) groups excluding carboxylic acids is 1. The van der Waals surface area contributed by atoms with E-state index in [-0.39, 0.29) is 28.9 Å². The van der Waals surface area contributed by atoms with Crippen LogP contribution in [0.4, 0.5) is 0 Å². The quantitative estimate of drug-likeness (QED) is 0.632. The minimum atomic E-state index is -3.04. The fourth-order valence-electron chi connectivity index (χ4n) is 5.21. The van der Waals surface area contributed by atoms with E-state index < -0.39 is 9.84 Å². The van der Waals surface area contributed by atoms with Crippen molar-refractivity contribution in [2.45, 2.75) is 50.5 Å². The summed E-state index contributed by atoms with van der Waals surface area (Å²) in [4.78, 5) is 16.3. The Balaban J connectivity index is 1.49. The van der Waals surface area contributed by atoms with Gasteiger partial charge < -0.3 is 10.3 Å². The molecule has 2 fully saturated rings. The maximum absolute atomic E-state index is 13.0. The Labute approximate surface area is 183 Å². The summed E-state index contributed by atoms with van der Waals surface area (Å²) in [5.74, 6) is -0.0357. The molecule has 5 nitrogen and oxygen atoms in total. The van der Waals surface area contributed by atoms with Gasteiger partial charge in [0.1, 0.15) is 0 Å². The molecule has 1 saturated heterocycles. The highest BCUT2D eigenvalue weighted by Gasteiger charge is 2.42. The maximum Gasteiger partial charge on any atom is 0.253 e. The number of aromatic amines is 1. The van der Waals surface area contributed by atoms with Crippen LogP contribution >= 0.6 is 0 Å². The molecule has 1 atom stereocenters. The molecule has 1 amide bonds. The molecular formula is C25H28N2O3S. The fourth-order valence-corrected chi connectivity index (χ4v) is 6.89. The number of benzene rings is 2. The van der Waals surface area contributed by atoms with Gasteiger partial charge in [0.15, 0.2) is 9.84 Å². The molecule has 1 saturated carbocycles. The summed E-state index contributed by atoms with van der Waals surface area (Å²) in [6, 6.07) is 14.5. The molecular weight excluding hydrogens is 408 g/mol. The van der Waals surface area contributed by atoms with E-state index in [4.69, 9.17) is 0 Å². The molecule has 2 N–H and O–H groups in total. The van der Waals surface area contributed by atoms with Crippen molar-refractivity contribution in [1.29, 1.82) is 0 Å². The van der Waals surface area contributed by atoms with Crippen LogP contribution in [0.1, 0.15) is 59.7 Å². The summed E-state index contributed by atoms with van der Waals surface area (Å²) in [5, 5.41) is 4.00. The first-order valence-corrected chi connectivity index (χ1v) is 13.0. The number of nitrogens with one attached hydrogen (secondary N) is 2. The molecule has 0 spiro atoms. The number of amides is 1. The van der Waals surface area contributed by atoms with E-state index in [1.54, 1.807) is 0 Å². The van der Waals surface area contributed by atoms with Gasteiger partial charge in [0, 0.05) is 23.0 Å². The monoisotopic (exact) mass is 436 g/mol. The number of rotatable bonds is 5. The van der Waals surface area contributed by atoms with Crippen molar-refractivity contribution in [2.75, 3.05) is 11.5 Å². The lowest BCUT2D eigenvalue weighted by Gasteiger charge is -2.43. The van der Waals surface area contributed by atoms with Crippen LogP contribution < -0.4 is 5.32 Å². The molecule has 0 bridgehead atoms. The van der Waals surface area contributed by atoms with Crippen LogP contribution in [0.25, 0.3) is 10.9 Å².